The van der Waals surface area contributed by atoms with Gasteiger partial charge in [0.1, 0.15) is 12.0 Å². The van der Waals surface area contributed by atoms with Crippen molar-refractivity contribution < 1.29 is 14.5 Å². The van der Waals surface area contributed by atoms with Crippen molar-refractivity contribution in [1.82, 2.24) is 9.97 Å². The number of rotatable bonds is 5. The zero-order valence-electron chi connectivity index (χ0n) is 14.3. The first-order valence-corrected chi connectivity index (χ1v) is 7.93. The molecule has 0 saturated carbocycles. The molecule has 0 saturated heterocycles. The maximum absolute atomic E-state index is 12.5. The summed E-state index contributed by atoms with van der Waals surface area (Å²) in [4.78, 5) is 42.7. The normalized spacial score (nSPS) is 10.3. The Hall–Kier alpha value is -4.34. The van der Waals surface area contributed by atoms with Gasteiger partial charge in [0.25, 0.3) is 11.6 Å². The molecule has 3 rings (SSSR count). The zero-order valence-corrected chi connectivity index (χ0v) is 14.3. The summed E-state index contributed by atoms with van der Waals surface area (Å²) >= 11 is 0. The van der Waals surface area contributed by atoms with Crippen molar-refractivity contribution >= 4 is 34.7 Å². The van der Waals surface area contributed by atoms with E-state index in [9.17, 15) is 19.7 Å². The van der Waals surface area contributed by atoms with Gasteiger partial charge in [-0.1, -0.05) is 24.3 Å². The lowest BCUT2D eigenvalue weighted by Crippen LogP contribution is -2.16. The van der Waals surface area contributed by atoms with Crippen LogP contribution in [0.1, 0.15) is 26.3 Å². The molecule has 0 radical (unpaired) electrons. The van der Waals surface area contributed by atoms with Crippen LogP contribution < -0.4 is 16.8 Å². The van der Waals surface area contributed by atoms with Crippen LogP contribution in [0.5, 0.6) is 0 Å². The van der Waals surface area contributed by atoms with Gasteiger partial charge in [-0.3, -0.25) is 19.7 Å². The van der Waals surface area contributed by atoms with Gasteiger partial charge in [-0.2, -0.15) is 0 Å². The summed E-state index contributed by atoms with van der Waals surface area (Å²) in [5, 5.41) is 13.4. The van der Waals surface area contributed by atoms with Crippen LogP contribution in [-0.2, 0) is 0 Å². The summed E-state index contributed by atoms with van der Waals surface area (Å²) in [5.74, 6) is -0.861. The van der Waals surface area contributed by atoms with E-state index in [-0.39, 0.29) is 39.7 Å². The predicted octanol–water partition coefficient (Wildman–Crippen LogP) is 2.03. The first kappa shape index (κ1) is 18.5. The van der Waals surface area contributed by atoms with Crippen molar-refractivity contribution in [2.45, 2.75) is 0 Å². The largest absolute Gasteiger partial charge is 0.382 e. The van der Waals surface area contributed by atoms with E-state index < -0.39 is 16.6 Å². The van der Waals surface area contributed by atoms with E-state index >= 15 is 0 Å². The average molecular weight is 378 g/mol. The fourth-order valence-electron chi connectivity index (χ4n) is 2.43. The molecular weight excluding hydrogens is 364 g/mol. The molecule has 10 nitrogen and oxygen atoms in total. The number of hydrogen-bond donors (Lipinski definition) is 3. The van der Waals surface area contributed by atoms with Gasteiger partial charge in [0.15, 0.2) is 17.4 Å². The van der Waals surface area contributed by atoms with Crippen LogP contribution in [0, 0.1) is 10.1 Å². The van der Waals surface area contributed by atoms with Gasteiger partial charge in [0.05, 0.1) is 4.92 Å². The van der Waals surface area contributed by atoms with Crippen molar-refractivity contribution in [3.05, 3.63) is 81.7 Å². The van der Waals surface area contributed by atoms with E-state index in [0.717, 1.165) is 0 Å². The average Bonchev–Trinajstić information content (AvgIpc) is 2.70. The molecule has 0 unspecified atom stereocenters. The van der Waals surface area contributed by atoms with Gasteiger partial charge < -0.3 is 16.8 Å². The van der Waals surface area contributed by atoms with Gasteiger partial charge in [0, 0.05) is 28.8 Å². The Balaban J connectivity index is 1.79. The minimum atomic E-state index is -0.574. The van der Waals surface area contributed by atoms with Crippen LogP contribution in [0.2, 0.25) is 0 Å². The van der Waals surface area contributed by atoms with E-state index in [0.29, 0.717) is 0 Å². The third-order valence-corrected chi connectivity index (χ3v) is 3.87. The molecule has 5 N–H and O–H groups in total. The fraction of sp³-hybridized carbons (Fsp3) is 0. The molecule has 2 aromatic carbocycles. The third kappa shape index (κ3) is 3.75. The molecule has 140 valence electrons. The number of carbonyl (C=O) groups is 2. The minimum Gasteiger partial charge on any atom is -0.382 e. The Labute approximate surface area is 158 Å². The summed E-state index contributed by atoms with van der Waals surface area (Å²) in [7, 11) is 0. The molecule has 1 heterocycles. The zero-order chi connectivity index (χ0) is 20.3. The number of nitrogens with one attached hydrogen (secondary N) is 1. The number of nitrogens with zero attached hydrogens (tertiary/aromatic N) is 3. The molecule has 0 fully saturated rings. The van der Waals surface area contributed by atoms with Crippen LogP contribution in [0.15, 0.2) is 54.9 Å². The van der Waals surface area contributed by atoms with E-state index in [2.05, 4.69) is 15.3 Å². The molecule has 1 amide bonds. The summed E-state index contributed by atoms with van der Waals surface area (Å²) < 4.78 is 0. The second-order valence-electron chi connectivity index (χ2n) is 5.69. The van der Waals surface area contributed by atoms with Crippen molar-refractivity contribution in [2.24, 2.45) is 0 Å². The number of nitrogen functional groups attached to an aromatic ring is 2. The number of aromatic nitrogens is 2. The van der Waals surface area contributed by atoms with Crippen LogP contribution >= 0.6 is 0 Å². The molecule has 28 heavy (non-hydrogen) atoms. The highest BCUT2D eigenvalue weighted by atomic mass is 16.6. The Bertz CT molecular complexity index is 1060. The minimum absolute atomic E-state index is 0.0262. The summed E-state index contributed by atoms with van der Waals surface area (Å²) in [5.41, 5.74) is 12.0. The molecule has 3 aromatic rings. The number of carbonyl (C=O) groups excluding carboxylic acids is 2. The van der Waals surface area contributed by atoms with Gasteiger partial charge in [-0.25, -0.2) is 9.97 Å². The van der Waals surface area contributed by atoms with Crippen molar-refractivity contribution in [1.29, 1.82) is 0 Å². The predicted molar refractivity (Wildman–Crippen MR) is 102 cm³/mol. The second kappa shape index (κ2) is 7.50. The lowest BCUT2D eigenvalue weighted by atomic mass is 10.0. The van der Waals surface area contributed by atoms with Crippen molar-refractivity contribution in [3.63, 3.8) is 0 Å². The SMILES string of the molecule is Nc1ncnc(N)c1NC(=O)c1ccc(C(=O)c2cccc([N+](=O)[O-])c2)cc1. The molecule has 0 aliphatic carbocycles. The molecule has 0 atom stereocenters. The van der Waals surface area contributed by atoms with Crippen LogP contribution in [-0.4, -0.2) is 26.6 Å². The standard InChI is InChI=1S/C18H14N6O4/c19-16-14(17(20)22-9-21-16)23-18(26)11-6-4-10(5-7-11)15(25)12-2-1-3-13(8-12)24(27)28/h1-9H,(H,23,26)(H4,19,20,21,22). The number of amides is 1. The van der Waals surface area contributed by atoms with E-state index in [1.165, 1.54) is 54.9 Å². The number of ketones is 1. The Kier molecular flexibility index (Phi) is 4.94. The number of nitro benzene ring substituents is 1. The first-order chi connectivity index (χ1) is 13.4. The highest BCUT2D eigenvalue weighted by Crippen LogP contribution is 2.22. The molecule has 0 aliphatic rings. The summed E-state index contributed by atoms with van der Waals surface area (Å²) in [6, 6.07) is 11.2. The summed E-state index contributed by atoms with van der Waals surface area (Å²) in [6.07, 6.45) is 1.18. The third-order valence-electron chi connectivity index (χ3n) is 3.87. The van der Waals surface area contributed by atoms with Crippen LogP contribution in [0.3, 0.4) is 0 Å². The smallest absolute Gasteiger partial charge is 0.270 e. The first-order valence-electron chi connectivity index (χ1n) is 7.93. The highest BCUT2D eigenvalue weighted by molar-refractivity contribution is 6.11. The number of nitrogens with two attached hydrogens (primary N) is 2. The second-order valence-corrected chi connectivity index (χ2v) is 5.69. The van der Waals surface area contributed by atoms with Gasteiger partial charge in [-0.05, 0) is 12.1 Å². The number of benzene rings is 2. The molecule has 0 spiro atoms. The van der Waals surface area contributed by atoms with Crippen LogP contribution in [0.4, 0.5) is 23.0 Å². The van der Waals surface area contributed by atoms with Crippen LogP contribution in [0.25, 0.3) is 0 Å². The maximum atomic E-state index is 12.5. The topological polar surface area (TPSA) is 167 Å². The van der Waals surface area contributed by atoms with Gasteiger partial charge in [-0.15, -0.1) is 0 Å². The molecule has 0 aliphatic heterocycles. The monoisotopic (exact) mass is 378 g/mol. The molecular formula is C18H14N6O4. The number of hydrogen-bond acceptors (Lipinski definition) is 8. The number of anilines is 3. The Morgan fingerprint density at radius 2 is 1.54 bits per heavy atom. The van der Waals surface area contributed by atoms with E-state index in [1.54, 1.807) is 0 Å². The molecule has 1 aromatic heterocycles. The molecule has 0 bridgehead atoms. The fourth-order valence-corrected chi connectivity index (χ4v) is 2.43. The highest BCUT2D eigenvalue weighted by Gasteiger charge is 2.16. The Morgan fingerprint density at radius 3 is 2.14 bits per heavy atom. The van der Waals surface area contributed by atoms with E-state index in [4.69, 9.17) is 11.5 Å². The van der Waals surface area contributed by atoms with Gasteiger partial charge >= 0.3 is 0 Å². The lowest BCUT2D eigenvalue weighted by molar-refractivity contribution is -0.384. The van der Waals surface area contributed by atoms with Gasteiger partial charge in [0.2, 0.25) is 0 Å². The number of non-ortho nitro benzene ring substituents is 1. The Morgan fingerprint density at radius 1 is 0.929 bits per heavy atom. The van der Waals surface area contributed by atoms with Crippen molar-refractivity contribution in [3.8, 4) is 0 Å². The van der Waals surface area contributed by atoms with E-state index in [1.807, 2.05) is 0 Å². The quantitative estimate of drug-likeness (QED) is 0.344. The molecule has 10 heteroatoms. The van der Waals surface area contributed by atoms with Crippen molar-refractivity contribution in [2.75, 3.05) is 16.8 Å². The lowest BCUT2D eigenvalue weighted by Gasteiger charge is -2.09. The number of nitro groups is 1. The maximum Gasteiger partial charge on any atom is 0.270 e. The summed E-state index contributed by atoms with van der Waals surface area (Å²) in [6.45, 7) is 0.